The number of hydrogen-bond acceptors (Lipinski definition) is 4. The van der Waals surface area contributed by atoms with Gasteiger partial charge in [-0.1, -0.05) is 6.07 Å². The summed E-state index contributed by atoms with van der Waals surface area (Å²) in [6.45, 7) is 6.27. The highest BCUT2D eigenvalue weighted by atomic mass is 16.6. The Bertz CT molecular complexity index is 791. The number of carbonyl (C=O) groups excluding carboxylic acids is 2. The molecular formula is C17H22N4O3. The summed E-state index contributed by atoms with van der Waals surface area (Å²) >= 11 is 0. The van der Waals surface area contributed by atoms with Gasteiger partial charge in [0.1, 0.15) is 11.6 Å². The summed E-state index contributed by atoms with van der Waals surface area (Å²) in [7, 11) is 1.86. The number of amides is 2. The Morgan fingerprint density at radius 1 is 1.38 bits per heavy atom. The summed E-state index contributed by atoms with van der Waals surface area (Å²) in [5.41, 5.74) is 1.11. The van der Waals surface area contributed by atoms with Crippen LogP contribution < -0.4 is 5.32 Å². The monoisotopic (exact) mass is 330 g/mol. The van der Waals surface area contributed by atoms with Gasteiger partial charge >= 0.3 is 6.09 Å². The lowest BCUT2D eigenvalue weighted by molar-refractivity contribution is -0.129. The number of benzene rings is 1. The Morgan fingerprint density at radius 3 is 2.83 bits per heavy atom. The van der Waals surface area contributed by atoms with E-state index in [0.29, 0.717) is 13.1 Å². The number of ether oxygens (including phenoxy) is 1. The van der Waals surface area contributed by atoms with Crippen LogP contribution in [0, 0.1) is 0 Å². The second-order valence-electron chi connectivity index (χ2n) is 6.95. The molecule has 1 saturated heterocycles. The number of nitrogens with one attached hydrogen (secondary N) is 1. The van der Waals surface area contributed by atoms with Crippen LogP contribution in [0.4, 0.5) is 4.79 Å². The molecule has 2 amide bonds. The van der Waals surface area contributed by atoms with Crippen LogP contribution in [0.3, 0.4) is 0 Å². The average Bonchev–Trinajstić information content (AvgIpc) is 2.86. The van der Waals surface area contributed by atoms with Gasteiger partial charge < -0.3 is 10.1 Å². The molecule has 24 heavy (non-hydrogen) atoms. The van der Waals surface area contributed by atoms with Crippen molar-refractivity contribution in [1.82, 2.24) is 20.0 Å². The van der Waals surface area contributed by atoms with E-state index in [1.165, 1.54) is 4.90 Å². The van der Waals surface area contributed by atoms with Crippen LogP contribution in [-0.2, 0) is 16.6 Å². The van der Waals surface area contributed by atoms with Gasteiger partial charge in [0.15, 0.2) is 0 Å². The molecule has 7 heteroatoms. The molecule has 1 N–H and O–H groups in total. The number of carbonyl (C=O) groups is 2. The van der Waals surface area contributed by atoms with Gasteiger partial charge in [0.25, 0.3) is 0 Å². The van der Waals surface area contributed by atoms with E-state index in [1.54, 1.807) is 10.9 Å². The van der Waals surface area contributed by atoms with Gasteiger partial charge in [-0.3, -0.25) is 14.4 Å². The minimum absolute atomic E-state index is 0.199. The fourth-order valence-electron chi connectivity index (χ4n) is 2.87. The van der Waals surface area contributed by atoms with E-state index < -0.39 is 17.7 Å². The number of aromatic nitrogens is 2. The summed E-state index contributed by atoms with van der Waals surface area (Å²) in [6, 6.07) is 4.97. The molecule has 1 aliphatic rings. The lowest BCUT2D eigenvalue weighted by atomic mass is 10.0. The van der Waals surface area contributed by atoms with Crippen molar-refractivity contribution in [2.24, 2.45) is 7.05 Å². The lowest BCUT2D eigenvalue weighted by Gasteiger charge is -2.36. The van der Waals surface area contributed by atoms with Crippen LogP contribution in [-0.4, -0.2) is 45.4 Å². The molecule has 3 rings (SSSR count). The molecule has 0 spiro atoms. The Morgan fingerprint density at radius 2 is 2.12 bits per heavy atom. The third kappa shape index (κ3) is 3.06. The van der Waals surface area contributed by atoms with E-state index in [4.69, 9.17) is 4.74 Å². The van der Waals surface area contributed by atoms with Crippen molar-refractivity contribution in [2.45, 2.75) is 32.4 Å². The van der Waals surface area contributed by atoms with E-state index in [1.807, 2.05) is 46.0 Å². The molecule has 0 bridgehead atoms. The van der Waals surface area contributed by atoms with E-state index in [0.717, 1.165) is 16.5 Å². The van der Waals surface area contributed by atoms with Crippen molar-refractivity contribution in [3.05, 3.63) is 30.0 Å². The predicted octanol–water partition coefficient (Wildman–Crippen LogP) is 1.98. The Balaban J connectivity index is 1.96. The third-order valence-corrected chi connectivity index (χ3v) is 3.93. The Kier molecular flexibility index (Phi) is 3.95. The van der Waals surface area contributed by atoms with Gasteiger partial charge in [0.2, 0.25) is 5.91 Å². The van der Waals surface area contributed by atoms with Gasteiger partial charge in [0.05, 0.1) is 11.7 Å². The van der Waals surface area contributed by atoms with E-state index in [2.05, 4.69) is 10.4 Å². The van der Waals surface area contributed by atoms with Crippen LogP contribution in [0.5, 0.6) is 0 Å². The molecule has 0 radical (unpaired) electrons. The van der Waals surface area contributed by atoms with Gasteiger partial charge in [-0.05, 0) is 38.5 Å². The molecule has 7 nitrogen and oxygen atoms in total. The average molecular weight is 330 g/mol. The highest BCUT2D eigenvalue weighted by molar-refractivity contribution is 5.89. The predicted molar refractivity (Wildman–Crippen MR) is 89.4 cm³/mol. The highest BCUT2D eigenvalue weighted by Gasteiger charge is 2.36. The maximum absolute atomic E-state index is 12.5. The first-order valence-corrected chi connectivity index (χ1v) is 7.95. The van der Waals surface area contributed by atoms with Crippen LogP contribution in [0.15, 0.2) is 24.4 Å². The smallest absolute Gasteiger partial charge is 0.411 e. The molecule has 1 aliphatic heterocycles. The topological polar surface area (TPSA) is 76.5 Å². The van der Waals surface area contributed by atoms with E-state index >= 15 is 0 Å². The first kappa shape index (κ1) is 16.3. The van der Waals surface area contributed by atoms with Crippen molar-refractivity contribution >= 4 is 22.9 Å². The zero-order valence-electron chi connectivity index (χ0n) is 14.4. The van der Waals surface area contributed by atoms with Crippen molar-refractivity contribution in [3.63, 3.8) is 0 Å². The van der Waals surface area contributed by atoms with Gasteiger partial charge in [-0.25, -0.2) is 4.79 Å². The van der Waals surface area contributed by atoms with Gasteiger partial charge in [0, 0.05) is 25.5 Å². The molecule has 2 aromatic rings. The van der Waals surface area contributed by atoms with Crippen LogP contribution in [0.2, 0.25) is 0 Å². The molecule has 0 aliphatic carbocycles. The van der Waals surface area contributed by atoms with Crippen molar-refractivity contribution < 1.29 is 14.3 Å². The Hall–Kier alpha value is -2.57. The summed E-state index contributed by atoms with van der Waals surface area (Å²) in [5.74, 6) is -0.199. The molecule has 1 atom stereocenters. The molecular weight excluding hydrogens is 308 g/mol. The number of piperazine rings is 1. The standard InChI is InChI=1S/C17H22N4O3/c1-17(2,3)24-16(23)21-8-7-18-15(22)14(21)11-5-6-13-12(9-11)10-19-20(13)4/h5-6,9-10,14H,7-8H2,1-4H3,(H,18,22)/t14-/m0/s1. The number of hydrogen-bond donors (Lipinski definition) is 1. The first-order chi connectivity index (χ1) is 11.3. The van der Waals surface area contributed by atoms with Gasteiger partial charge in [-0.15, -0.1) is 0 Å². The molecule has 128 valence electrons. The van der Waals surface area contributed by atoms with Crippen molar-refractivity contribution in [2.75, 3.05) is 13.1 Å². The fourth-order valence-corrected chi connectivity index (χ4v) is 2.87. The fraction of sp³-hybridized carbons (Fsp3) is 0.471. The normalized spacial score (nSPS) is 18.6. The van der Waals surface area contributed by atoms with Crippen LogP contribution in [0.1, 0.15) is 32.4 Å². The zero-order valence-corrected chi connectivity index (χ0v) is 14.4. The molecule has 1 aromatic carbocycles. The quantitative estimate of drug-likeness (QED) is 0.867. The highest BCUT2D eigenvalue weighted by Crippen LogP contribution is 2.28. The number of nitrogens with zero attached hydrogens (tertiary/aromatic N) is 3. The molecule has 1 aromatic heterocycles. The maximum atomic E-state index is 12.5. The molecule has 1 fully saturated rings. The van der Waals surface area contributed by atoms with Crippen molar-refractivity contribution in [3.8, 4) is 0 Å². The van der Waals surface area contributed by atoms with Crippen LogP contribution >= 0.6 is 0 Å². The van der Waals surface area contributed by atoms with Gasteiger partial charge in [-0.2, -0.15) is 5.10 Å². The Labute approximate surface area is 140 Å². The number of aryl methyl sites for hydroxylation is 1. The number of fused-ring (bicyclic) bond motifs is 1. The number of rotatable bonds is 1. The summed E-state index contributed by atoms with van der Waals surface area (Å²) in [4.78, 5) is 26.4. The largest absolute Gasteiger partial charge is 0.444 e. The summed E-state index contributed by atoms with van der Waals surface area (Å²) in [6.07, 6.45) is 1.27. The second-order valence-corrected chi connectivity index (χ2v) is 6.95. The zero-order chi connectivity index (χ0) is 17.5. The third-order valence-electron chi connectivity index (χ3n) is 3.93. The van der Waals surface area contributed by atoms with E-state index in [-0.39, 0.29) is 5.91 Å². The molecule has 0 unspecified atom stereocenters. The lowest BCUT2D eigenvalue weighted by Crippen LogP contribution is -2.53. The molecule has 0 saturated carbocycles. The summed E-state index contributed by atoms with van der Waals surface area (Å²) in [5, 5.41) is 7.97. The summed E-state index contributed by atoms with van der Waals surface area (Å²) < 4.78 is 7.23. The minimum Gasteiger partial charge on any atom is -0.444 e. The SMILES string of the molecule is Cn1ncc2cc([C@H]3C(=O)NCCN3C(=O)OC(C)(C)C)ccc21. The van der Waals surface area contributed by atoms with Crippen molar-refractivity contribution in [1.29, 1.82) is 0 Å². The van der Waals surface area contributed by atoms with E-state index in [9.17, 15) is 9.59 Å². The maximum Gasteiger partial charge on any atom is 0.411 e. The van der Waals surface area contributed by atoms with Crippen LogP contribution in [0.25, 0.3) is 10.9 Å². The second kappa shape index (κ2) is 5.81. The molecule has 2 heterocycles. The first-order valence-electron chi connectivity index (χ1n) is 7.95. The minimum atomic E-state index is -0.696.